The van der Waals surface area contributed by atoms with Gasteiger partial charge in [0.1, 0.15) is 0 Å². The normalized spacial score (nSPS) is 10.6. The van der Waals surface area contributed by atoms with Crippen LogP contribution in [0, 0.1) is 6.92 Å². The molecule has 0 radical (unpaired) electrons. The minimum atomic E-state index is 0.0883. The second-order valence-corrected chi connectivity index (χ2v) is 5.58. The topological polar surface area (TPSA) is 58.1 Å². The van der Waals surface area contributed by atoms with E-state index in [1.54, 1.807) is 13.1 Å². The molecule has 1 heterocycles. The van der Waals surface area contributed by atoms with Crippen LogP contribution in [0.5, 0.6) is 0 Å². The van der Waals surface area contributed by atoms with Crippen molar-refractivity contribution >= 4 is 17.5 Å². The molecule has 0 aliphatic heterocycles. The van der Waals surface area contributed by atoms with Crippen molar-refractivity contribution in [1.29, 1.82) is 0 Å². The first kappa shape index (κ1) is 15.9. The first-order valence-corrected chi connectivity index (χ1v) is 7.38. The summed E-state index contributed by atoms with van der Waals surface area (Å²) >= 11 is 0. The van der Waals surface area contributed by atoms with Gasteiger partial charge in [-0.25, -0.2) is 9.97 Å². The van der Waals surface area contributed by atoms with Gasteiger partial charge in [-0.3, -0.25) is 4.79 Å². The van der Waals surface area contributed by atoms with E-state index in [4.69, 9.17) is 0 Å². The van der Waals surface area contributed by atoms with E-state index in [1.807, 2.05) is 56.0 Å². The lowest BCUT2D eigenvalue weighted by molar-refractivity contribution is -0.131. The van der Waals surface area contributed by atoms with Crippen LogP contribution in [0.1, 0.15) is 32.0 Å². The summed E-state index contributed by atoms with van der Waals surface area (Å²) in [6.07, 6.45) is 1.73. The van der Waals surface area contributed by atoms with Gasteiger partial charge in [0, 0.05) is 37.1 Å². The van der Waals surface area contributed by atoms with Gasteiger partial charge in [-0.15, -0.1) is 0 Å². The van der Waals surface area contributed by atoms with E-state index in [0.717, 1.165) is 16.9 Å². The third-order valence-electron chi connectivity index (χ3n) is 3.39. The molecule has 5 nitrogen and oxygen atoms in total. The second kappa shape index (κ2) is 7.02. The first-order chi connectivity index (χ1) is 10.5. The average Bonchev–Trinajstić information content (AvgIpc) is 2.45. The molecule has 1 aromatic carbocycles. The van der Waals surface area contributed by atoms with Crippen LogP contribution in [-0.2, 0) is 11.3 Å². The molecule has 0 aliphatic carbocycles. The zero-order valence-electron chi connectivity index (χ0n) is 13.5. The molecule has 1 amide bonds. The van der Waals surface area contributed by atoms with E-state index in [1.165, 1.54) is 0 Å². The Morgan fingerprint density at radius 3 is 2.45 bits per heavy atom. The monoisotopic (exact) mass is 298 g/mol. The molecule has 1 N–H and O–H groups in total. The number of hydrogen-bond donors (Lipinski definition) is 1. The first-order valence-electron chi connectivity index (χ1n) is 7.38. The number of benzene rings is 1. The molecule has 116 valence electrons. The average molecular weight is 298 g/mol. The van der Waals surface area contributed by atoms with Gasteiger partial charge >= 0.3 is 0 Å². The van der Waals surface area contributed by atoms with Crippen molar-refractivity contribution in [2.24, 2.45) is 0 Å². The number of nitrogens with one attached hydrogen (secondary N) is 1. The number of anilines is 2. The predicted molar refractivity (Wildman–Crippen MR) is 87.9 cm³/mol. The number of aryl methyl sites for hydroxylation is 1. The van der Waals surface area contributed by atoms with Crippen molar-refractivity contribution < 1.29 is 4.79 Å². The zero-order valence-corrected chi connectivity index (χ0v) is 13.5. The molecule has 0 saturated heterocycles. The third kappa shape index (κ3) is 4.28. The molecular formula is C17H22N4O. The van der Waals surface area contributed by atoms with E-state index >= 15 is 0 Å². The Morgan fingerprint density at radius 1 is 1.23 bits per heavy atom. The molecule has 2 rings (SSSR count). The summed E-state index contributed by atoms with van der Waals surface area (Å²) in [7, 11) is 0. The van der Waals surface area contributed by atoms with Crippen LogP contribution in [-0.4, -0.2) is 26.8 Å². The Kier molecular flexibility index (Phi) is 5.09. The molecule has 22 heavy (non-hydrogen) atoms. The number of carbonyl (C=O) groups is 1. The Labute approximate surface area is 131 Å². The van der Waals surface area contributed by atoms with Gasteiger partial charge in [0.05, 0.1) is 0 Å². The second-order valence-electron chi connectivity index (χ2n) is 5.58. The highest BCUT2D eigenvalue weighted by Crippen LogP contribution is 2.16. The van der Waals surface area contributed by atoms with Crippen LogP contribution in [0.2, 0.25) is 0 Å². The molecule has 0 unspecified atom stereocenters. The highest BCUT2D eigenvalue weighted by Gasteiger charge is 2.12. The number of nitrogens with zero attached hydrogens (tertiary/aromatic N) is 3. The van der Waals surface area contributed by atoms with E-state index in [9.17, 15) is 4.79 Å². The van der Waals surface area contributed by atoms with Crippen molar-refractivity contribution in [3.05, 3.63) is 47.8 Å². The van der Waals surface area contributed by atoms with Crippen LogP contribution in [0.25, 0.3) is 0 Å². The molecule has 1 aromatic heterocycles. The summed E-state index contributed by atoms with van der Waals surface area (Å²) in [6.45, 7) is 8.19. The minimum absolute atomic E-state index is 0.0883. The zero-order chi connectivity index (χ0) is 16.1. The maximum Gasteiger partial charge on any atom is 0.227 e. The van der Waals surface area contributed by atoms with Gasteiger partial charge in [0.2, 0.25) is 11.9 Å². The highest BCUT2D eigenvalue weighted by atomic mass is 16.2. The molecular weight excluding hydrogens is 276 g/mol. The number of hydrogen-bond acceptors (Lipinski definition) is 4. The fraction of sp³-hybridized carbons (Fsp3) is 0.353. The van der Waals surface area contributed by atoms with E-state index in [0.29, 0.717) is 12.5 Å². The minimum Gasteiger partial charge on any atom is -0.336 e. The molecule has 0 atom stereocenters. The highest BCUT2D eigenvalue weighted by molar-refractivity contribution is 5.73. The predicted octanol–water partition coefficient (Wildman–Crippen LogP) is 3.29. The van der Waals surface area contributed by atoms with Crippen LogP contribution in [0.4, 0.5) is 11.6 Å². The van der Waals surface area contributed by atoms with Crippen molar-refractivity contribution in [1.82, 2.24) is 14.9 Å². The number of carbonyl (C=O) groups excluding carboxylic acids is 1. The Morgan fingerprint density at radius 2 is 1.91 bits per heavy atom. The number of rotatable bonds is 5. The van der Waals surface area contributed by atoms with Crippen molar-refractivity contribution in [3.63, 3.8) is 0 Å². The van der Waals surface area contributed by atoms with Crippen LogP contribution < -0.4 is 5.32 Å². The van der Waals surface area contributed by atoms with E-state index in [2.05, 4.69) is 15.3 Å². The third-order valence-corrected chi connectivity index (χ3v) is 3.39. The van der Waals surface area contributed by atoms with Crippen LogP contribution in [0.3, 0.4) is 0 Å². The quantitative estimate of drug-likeness (QED) is 0.920. The summed E-state index contributed by atoms with van der Waals surface area (Å²) in [5.41, 5.74) is 2.94. The fourth-order valence-electron chi connectivity index (χ4n) is 2.19. The Balaban J connectivity index is 2.05. The molecule has 0 saturated carbocycles. The largest absolute Gasteiger partial charge is 0.336 e. The van der Waals surface area contributed by atoms with E-state index in [-0.39, 0.29) is 11.9 Å². The SMILES string of the molecule is CC(=O)N(Cc1ccc(Nc2nccc(C)n2)cc1)C(C)C. The van der Waals surface area contributed by atoms with Crippen molar-refractivity contribution in [3.8, 4) is 0 Å². The van der Waals surface area contributed by atoms with Crippen LogP contribution >= 0.6 is 0 Å². The van der Waals surface area contributed by atoms with Gasteiger partial charge in [0.15, 0.2) is 0 Å². The fourth-order valence-corrected chi connectivity index (χ4v) is 2.19. The van der Waals surface area contributed by atoms with E-state index < -0.39 is 0 Å². The lowest BCUT2D eigenvalue weighted by atomic mass is 10.1. The summed E-state index contributed by atoms with van der Waals surface area (Å²) in [6, 6.07) is 10.0. The molecule has 0 aliphatic rings. The van der Waals surface area contributed by atoms with Gasteiger partial charge < -0.3 is 10.2 Å². The lowest BCUT2D eigenvalue weighted by Crippen LogP contribution is -2.34. The maximum atomic E-state index is 11.6. The Bertz CT molecular complexity index is 637. The van der Waals surface area contributed by atoms with Crippen molar-refractivity contribution in [2.75, 3.05) is 5.32 Å². The molecule has 5 heteroatoms. The summed E-state index contributed by atoms with van der Waals surface area (Å²) < 4.78 is 0. The van der Waals surface area contributed by atoms with Crippen LogP contribution in [0.15, 0.2) is 36.5 Å². The van der Waals surface area contributed by atoms with Gasteiger partial charge in [-0.1, -0.05) is 12.1 Å². The molecule has 0 bridgehead atoms. The van der Waals surface area contributed by atoms with Gasteiger partial charge in [-0.2, -0.15) is 0 Å². The summed E-state index contributed by atoms with van der Waals surface area (Å²) in [5, 5.41) is 3.17. The Hall–Kier alpha value is -2.43. The standard InChI is InChI=1S/C17H22N4O/c1-12(2)21(14(4)22)11-15-5-7-16(8-6-15)20-17-18-10-9-13(3)19-17/h5-10,12H,11H2,1-4H3,(H,18,19,20). The number of amides is 1. The summed E-state index contributed by atoms with van der Waals surface area (Å²) in [5.74, 6) is 0.672. The molecule has 0 spiro atoms. The van der Waals surface area contributed by atoms with Gasteiger partial charge in [-0.05, 0) is 44.5 Å². The van der Waals surface area contributed by atoms with Gasteiger partial charge in [0.25, 0.3) is 0 Å². The van der Waals surface area contributed by atoms with Crippen molar-refractivity contribution in [2.45, 2.75) is 40.3 Å². The summed E-state index contributed by atoms with van der Waals surface area (Å²) in [4.78, 5) is 22.0. The lowest BCUT2D eigenvalue weighted by Gasteiger charge is -2.25. The smallest absolute Gasteiger partial charge is 0.227 e. The molecule has 0 fully saturated rings. The maximum absolute atomic E-state index is 11.6. The molecule has 2 aromatic rings. The number of aromatic nitrogens is 2.